The second kappa shape index (κ2) is 7.33. The van der Waals surface area contributed by atoms with E-state index >= 15 is 0 Å². The van der Waals surface area contributed by atoms with Crippen LogP contribution in [0.2, 0.25) is 0 Å². The van der Waals surface area contributed by atoms with Gasteiger partial charge in [0.2, 0.25) is 0 Å². The topological polar surface area (TPSA) is 66.4 Å². The molecule has 0 fully saturated rings. The summed E-state index contributed by atoms with van der Waals surface area (Å²) in [4.78, 5) is 23.4. The fourth-order valence-corrected chi connectivity index (χ4v) is 2.25. The molecule has 2 rings (SSSR count). The van der Waals surface area contributed by atoms with Crippen LogP contribution in [-0.4, -0.2) is 16.9 Å². The van der Waals surface area contributed by atoms with Gasteiger partial charge in [-0.2, -0.15) is 0 Å². The Labute approximate surface area is 126 Å². The van der Waals surface area contributed by atoms with Crippen LogP contribution >= 0.6 is 11.3 Å². The summed E-state index contributed by atoms with van der Waals surface area (Å²) in [7, 11) is 0. The SMILES string of the molecule is O=C(C=Cc1ccc(C=CC(=O)c2cccs2)cc1)NO. The molecule has 0 aliphatic heterocycles. The van der Waals surface area contributed by atoms with Crippen molar-refractivity contribution in [1.82, 2.24) is 5.48 Å². The Bertz CT molecular complexity index is 670. The maximum absolute atomic E-state index is 11.8. The highest BCUT2D eigenvalue weighted by atomic mass is 32.1. The number of thiophene rings is 1. The Morgan fingerprint density at radius 3 is 2.14 bits per heavy atom. The number of hydroxylamine groups is 1. The van der Waals surface area contributed by atoms with Crippen LogP contribution in [0.15, 0.2) is 53.9 Å². The first-order valence-electron chi connectivity index (χ1n) is 6.17. The number of carbonyl (C=O) groups excluding carboxylic acids is 2. The number of hydrogen-bond donors (Lipinski definition) is 2. The Morgan fingerprint density at radius 2 is 1.62 bits per heavy atom. The number of allylic oxidation sites excluding steroid dienone is 1. The van der Waals surface area contributed by atoms with Gasteiger partial charge >= 0.3 is 0 Å². The molecule has 21 heavy (non-hydrogen) atoms. The van der Waals surface area contributed by atoms with Gasteiger partial charge in [0.05, 0.1) is 4.88 Å². The average molecular weight is 299 g/mol. The van der Waals surface area contributed by atoms with Crippen LogP contribution in [0, 0.1) is 0 Å². The molecule has 0 spiro atoms. The molecule has 106 valence electrons. The normalized spacial score (nSPS) is 11.1. The quantitative estimate of drug-likeness (QED) is 0.386. The first-order valence-corrected chi connectivity index (χ1v) is 7.05. The van der Waals surface area contributed by atoms with E-state index < -0.39 is 5.91 Å². The lowest BCUT2D eigenvalue weighted by atomic mass is 10.1. The summed E-state index contributed by atoms with van der Waals surface area (Å²) in [6.07, 6.45) is 6.09. The molecule has 0 atom stereocenters. The second-order valence-corrected chi connectivity index (χ2v) is 5.10. The zero-order valence-corrected chi connectivity index (χ0v) is 11.8. The number of carbonyl (C=O) groups is 2. The maximum Gasteiger partial charge on any atom is 0.267 e. The third kappa shape index (κ3) is 4.52. The molecule has 5 heteroatoms. The Morgan fingerprint density at radius 1 is 1.00 bits per heavy atom. The highest BCUT2D eigenvalue weighted by molar-refractivity contribution is 7.12. The van der Waals surface area contributed by atoms with Crippen molar-refractivity contribution in [3.05, 3.63) is 69.9 Å². The molecular formula is C16H13NO3S. The van der Waals surface area contributed by atoms with Crippen LogP contribution in [0.4, 0.5) is 0 Å². The van der Waals surface area contributed by atoms with Crippen LogP contribution in [0.5, 0.6) is 0 Å². The summed E-state index contributed by atoms with van der Waals surface area (Å²) in [6.45, 7) is 0. The van der Waals surface area contributed by atoms with Gasteiger partial charge in [-0.05, 0) is 34.7 Å². The molecule has 0 unspecified atom stereocenters. The molecular weight excluding hydrogens is 286 g/mol. The van der Waals surface area contributed by atoms with Crippen LogP contribution in [0.1, 0.15) is 20.8 Å². The molecule has 1 amide bonds. The molecule has 0 aliphatic carbocycles. The van der Waals surface area contributed by atoms with Crippen molar-refractivity contribution in [2.45, 2.75) is 0 Å². The van der Waals surface area contributed by atoms with E-state index in [-0.39, 0.29) is 5.78 Å². The summed E-state index contributed by atoms with van der Waals surface area (Å²) >= 11 is 1.41. The number of nitrogens with one attached hydrogen (secondary N) is 1. The fraction of sp³-hybridized carbons (Fsp3) is 0. The van der Waals surface area contributed by atoms with Gasteiger partial charge in [-0.15, -0.1) is 11.3 Å². The van der Waals surface area contributed by atoms with Crippen LogP contribution in [0.3, 0.4) is 0 Å². The van der Waals surface area contributed by atoms with Crippen LogP contribution < -0.4 is 5.48 Å². The van der Waals surface area contributed by atoms with Crippen molar-refractivity contribution in [1.29, 1.82) is 0 Å². The van der Waals surface area contributed by atoms with E-state index in [9.17, 15) is 9.59 Å². The van der Waals surface area contributed by atoms with Gasteiger partial charge in [-0.3, -0.25) is 14.8 Å². The molecule has 1 heterocycles. The zero-order chi connectivity index (χ0) is 15.1. The first-order chi connectivity index (χ1) is 10.2. The van der Waals surface area contributed by atoms with E-state index in [1.807, 2.05) is 35.7 Å². The first kappa shape index (κ1) is 14.9. The van der Waals surface area contributed by atoms with Crippen LogP contribution in [-0.2, 0) is 4.79 Å². The predicted molar refractivity (Wildman–Crippen MR) is 83.1 cm³/mol. The molecule has 1 aromatic carbocycles. The number of benzene rings is 1. The van der Waals surface area contributed by atoms with Crippen molar-refractivity contribution >= 4 is 35.2 Å². The van der Waals surface area contributed by atoms with Crippen molar-refractivity contribution < 1.29 is 14.8 Å². The highest BCUT2D eigenvalue weighted by Crippen LogP contribution is 2.12. The molecule has 2 aromatic rings. The van der Waals surface area contributed by atoms with Gasteiger partial charge < -0.3 is 0 Å². The number of amides is 1. The standard InChI is InChI=1S/C16H13NO3S/c18-14(15-2-1-11-21-15)9-7-12-3-5-13(6-4-12)8-10-16(19)17-20/h1-11,20H,(H,17,19). The lowest BCUT2D eigenvalue weighted by Crippen LogP contribution is -2.14. The van der Waals surface area contributed by atoms with Gasteiger partial charge in [0, 0.05) is 6.08 Å². The summed E-state index contributed by atoms with van der Waals surface area (Å²) in [5.74, 6) is -0.603. The smallest absolute Gasteiger partial charge is 0.267 e. The van der Waals surface area contributed by atoms with E-state index in [0.717, 1.165) is 11.1 Å². The van der Waals surface area contributed by atoms with Gasteiger partial charge in [0.1, 0.15) is 0 Å². The van der Waals surface area contributed by atoms with Gasteiger partial charge in [-0.25, -0.2) is 5.48 Å². The van der Waals surface area contributed by atoms with E-state index in [1.54, 1.807) is 18.2 Å². The van der Waals surface area contributed by atoms with E-state index in [0.29, 0.717) is 4.88 Å². The fourth-order valence-electron chi connectivity index (χ4n) is 1.60. The van der Waals surface area contributed by atoms with E-state index in [4.69, 9.17) is 5.21 Å². The molecule has 0 saturated carbocycles. The third-order valence-electron chi connectivity index (χ3n) is 2.67. The van der Waals surface area contributed by atoms with Gasteiger partial charge in [0.25, 0.3) is 5.91 Å². The van der Waals surface area contributed by atoms with Gasteiger partial charge in [0.15, 0.2) is 5.78 Å². The summed E-state index contributed by atoms with van der Waals surface area (Å²) in [5, 5.41) is 10.2. The summed E-state index contributed by atoms with van der Waals surface area (Å²) in [5.41, 5.74) is 3.23. The average Bonchev–Trinajstić information content (AvgIpc) is 3.05. The Balaban J connectivity index is 2.01. The minimum absolute atomic E-state index is 0.0198. The van der Waals surface area contributed by atoms with Crippen LogP contribution in [0.25, 0.3) is 12.2 Å². The monoisotopic (exact) mass is 299 g/mol. The lowest BCUT2D eigenvalue weighted by molar-refractivity contribution is -0.124. The van der Waals surface area contributed by atoms with Gasteiger partial charge in [-0.1, -0.05) is 36.4 Å². The number of ketones is 1. The van der Waals surface area contributed by atoms with Crippen molar-refractivity contribution in [3.8, 4) is 0 Å². The Hall–Kier alpha value is -2.50. The number of rotatable bonds is 5. The minimum atomic E-state index is -0.583. The molecule has 0 radical (unpaired) electrons. The molecule has 1 aromatic heterocycles. The lowest BCUT2D eigenvalue weighted by Gasteiger charge is -1.96. The van der Waals surface area contributed by atoms with Crippen molar-refractivity contribution in [3.63, 3.8) is 0 Å². The van der Waals surface area contributed by atoms with E-state index in [1.165, 1.54) is 29.0 Å². The van der Waals surface area contributed by atoms with Crippen molar-refractivity contribution in [2.24, 2.45) is 0 Å². The third-order valence-corrected chi connectivity index (χ3v) is 3.55. The molecule has 2 N–H and O–H groups in total. The molecule has 0 aliphatic rings. The minimum Gasteiger partial charge on any atom is -0.288 e. The molecule has 0 saturated heterocycles. The molecule has 0 bridgehead atoms. The predicted octanol–water partition coefficient (Wildman–Crippen LogP) is 3.16. The highest BCUT2D eigenvalue weighted by Gasteiger charge is 2.01. The van der Waals surface area contributed by atoms with Crippen molar-refractivity contribution in [2.75, 3.05) is 0 Å². The zero-order valence-electron chi connectivity index (χ0n) is 11.0. The maximum atomic E-state index is 11.8. The largest absolute Gasteiger partial charge is 0.288 e. The molecule has 4 nitrogen and oxygen atoms in total. The summed E-state index contributed by atoms with van der Waals surface area (Å²) in [6, 6.07) is 10.9. The Kier molecular flexibility index (Phi) is 5.20. The summed E-state index contributed by atoms with van der Waals surface area (Å²) < 4.78 is 0. The second-order valence-electron chi connectivity index (χ2n) is 4.15. The van der Waals surface area contributed by atoms with E-state index in [2.05, 4.69) is 0 Å². The number of hydrogen-bond acceptors (Lipinski definition) is 4.